The lowest BCUT2D eigenvalue weighted by molar-refractivity contribution is -0.148. The van der Waals surface area contributed by atoms with Crippen LogP contribution in [0.3, 0.4) is 0 Å². The lowest BCUT2D eigenvalue weighted by Crippen LogP contribution is -2.51. The predicted octanol–water partition coefficient (Wildman–Crippen LogP) is 8.28. The molecule has 3 saturated carbocycles. The lowest BCUT2D eigenvalue weighted by Gasteiger charge is -2.47. The molecule has 0 aliphatic heterocycles. The van der Waals surface area contributed by atoms with Crippen molar-refractivity contribution in [1.29, 1.82) is 5.26 Å². The molecule has 2 bridgehead atoms. The maximum Gasteiger partial charge on any atom is 0.308 e. The Labute approximate surface area is 256 Å². The third kappa shape index (κ3) is 5.04. The maximum absolute atomic E-state index is 16.7. The monoisotopic (exact) mass is 608 g/mol. The number of carboxylic acid groups (broad SMARTS) is 1. The van der Waals surface area contributed by atoms with Gasteiger partial charge in [0.25, 0.3) is 0 Å². The van der Waals surface area contributed by atoms with Crippen molar-refractivity contribution in [2.24, 2.45) is 17.8 Å². The number of aliphatic carboxylic acids is 1. The van der Waals surface area contributed by atoms with Crippen molar-refractivity contribution in [3.63, 3.8) is 0 Å². The molecule has 3 fully saturated rings. The van der Waals surface area contributed by atoms with E-state index in [1.54, 1.807) is 36.4 Å². The topological polar surface area (TPSA) is 111 Å². The second-order valence-electron chi connectivity index (χ2n) is 11.6. The Morgan fingerprint density at radius 1 is 0.978 bits per heavy atom. The van der Waals surface area contributed by atoms with Gasteiger partial charge < -0.3 is 20.1 Å². The maximum atomic E-state index is 16.7. The minimum Gasteiger partial charge on any atom is -0.481 e. The van der Waals surface area contributed by atoms with E-state index < -0.39 is 35.4 Å². The highest BCUT2D eigenvalue weighted by atomic mass is 19.1. The van der Waals surface area contributed by atoms with Crippen LogP contribution in [0, 0.1) is 46.5 Å². The van der Waals surface area contributed by atoms with Crippen molar-refractivity contribution in [3.05, 3.63) is 95.9 Å². The van der Waals surface area contributed by atoms with Crippen LogP contribution in [0.5, 0.6) is 11.5 Å². The Kier molecular flexibility index (Phi) is 7.16. The third-order valence-corrected chi connectivity index (χ3v) is 9.14. The van der Waals surface area contributed by atoms with Crippen molar-refractivity contribution in [2.75, 3.05) is 5.32 Å². The zero-order valence-electron chi connectivity index (χ0n) is 23.9. The first kappa shape index (κ1) is 28.5. The van der Waals surface area contributed by atoms with Gasteiger partial charge in [0, 0.05) is 34.8 Å². The van der Waals surface area contributed by atoms with Gasteiger partial charge in [0.15, 0.2) is 11.6 Å². The summed E-state index contributed by atoms with van der Waals surface area (Å²) >= 11 is 0. The van der Waals surface area contributed by atoms with Crippen molar-refractivity contribution >= 4 is 22.7 Å². The van der Waals surface area contributed by atoms with E-state index >= 15 is 4.39 Å². The van der Waals surface area contributed by atoms with Gasteiger partial charge in [0.2, 0.25) is 0 Å². The average molecular weight is 609 g/mol. The smallest absolute Gasteiger partial charge is 0.308 e. The van der Waals surface area contributed by atoms with Crippen LogP contribution in [0.2, 0.25) is 0 Å². The zero-order chi connectivity index (χ0) is 31.2. The van der Waals surface area contributed by atoms with Crippen LogP contribution in [0.25, 0.3) is 33.3 Å². The molecule has 226 valence electrons. The number of ether oxygens (including phenoxy) is 1. The van der Waals surface area contributed by atoms with E-state index in [2.05, 4.69) is 21.4 Å². The number of rotatable bonds is 7. The minimum atomic E-state index is -0.951. The van der Waals surface area contributed by atoms with Crippen molar-refractivity contribution in [3.8, 4) is 40.0 Å². The van der Waals surface area contributed by atoms with Gasteiger partial charge in [-0.2, -0.15) is 5.26 Å². The summed E-state index contributed by atoms with van der Waals surface area (Å²) in [6.07, 6.45) is 4.62. The number of aromatic nitrogens is 2. The fraction of sp³-hybridized carbons (Fsp3) is 0.229. The summed E-state index contributed by atoms with van der Waals surface area (Å²) < 4.78 is 51.6. The number of anilines is 1. The van der Waals surface area contributed by atoms with Gasteiger partial charge in [-0.15, -0.1) is 0 Å². The standard InChI is InChI=1S/C35H27F3N4O3/c36-21-14-24-26(17-40-33(24)27(37)15-21)32-25(16-39)28(18-10-12-23(13-11-18)45-22-4-2-1-3-5-22)30(38)34(42-32)41-31-20-8-6-19(7-9-20)29(31)35(43)44/h1-5,10-15,17,19-20,29,31,40H,6-9H2,(H,41,42)(H,43,44)/t19?,20?,29-,31-/m1/s1. The molecule has 0 radical (unpaired) electrons. The highest BCUT2D eigenvalue weighted by Crippen LogP contribution is 2.47. The number of benzene rings is 3. The highest BCUT2D eigenvalue weighted by Gasteiger charge is 2.47. The Morgan fingerprint density at radius 2 is 1.67 bits per heavy atom. The normalized spacial score (nSPS) is 20.6. The van der Waals surface area contributed by atoms with Gasteiger partial charge in [-0.25, -0.2) is 18.2 Å². The Hall–Kier alpha value is -5.30. The number of nitrogens with zero attached hydrogens (tertiary/aromatic N) is 2. The van der Waals surface area contributed by atoms with E-state index in [1.807, 2.05) is 18.2 Å². The van der Waals surface area contributed by atoms with Crippen LogP contribution in [-0.4, -0.2) is 27.1 Å². The van der Waals surface area contributed by atoms with E-state index in [4.69, 9.17) is 4.74 Å². The number of nitriles is 1. The van der Waals surface area contributed by atoms with Crippen molar-refractivity contribution < 1.29 is 27.8 Å². The Morgan fingerprint density at radius 3 is 2.36 bits per heavy atom. The second kappa shape index (κ2) is 11.3. The van der Waals surface area contributed by atoms with Crippen LogP contribution in [-0.2, 0) is 4.79 Å². The van der Waals surface area contributed by atoms with Crippen LogP contribution < -0.4 is 10.1 Å². The quantitative estimate of drug-likeness (QED) is 0.172. The molecule has 3 aliphatic carbocycles. The number of H-pyrrole nitrogens is 1. The molecule has 0 unspecified atom stereocenters. The molecule has 3 N–H and O–H groups in total. The van der Waals surface area contributed by atoms with Crippen LogP contribution in [0.15, 0.2) is 72.9 Å². The molecule has 0 saturated heterocycles. The van der Waals surface area contributed by atoms with Crippen molar-refractivity contribution in [1.82, 2.24) is 9.97 Å². The first-order chi connectivity index (χ1) is 21.8. The van der Waals surface area contributed by atoms with E-state index in [0.717, 1.165) is 37.8 Å². The minimum absolute atomic E-state index is 0.00473. The molecule has 5 aromatic rings. The number of halogens is 3. The fourth-order valence-electron chi connectivity index (χ4n) is 7.07. The molecule has 2 heterocycles. The summed E-state index contributed by atoms with van der Waals surface area (Å²) in [6, 6.07) is 19.0. The number of hydrogen-bond donors (Lipinski definition) is 3. The van der Waals surface area contributed by atoms with Gasteiger partial charge in [-0.3, -0.25) is 4.79 Å². The number of carbonyl (C=O) groups is 1. The summed E-state index contributed by atoms with van der Waals surface area (Å²) in [5.74, 6) is -3.31. The van der Waals surface area contributed by atoms with Gasteiger partial charge >= 0.3 is 5.97 Å². The summed E-state index contributed by atoms with van der Waals surface area (Å²) in [5.41, 5.74) is 0.345. The molecule has 8 rings (SSSR count). The fourth-order valence-corrected chi connectivity index (χ4v) is 7.07. The first-order valence-corrected chi connectivity index (χ1v) is 14.7. The molecule has 10 heteroatoms. The summed E-state index contributed by atoms with van der Waals surface area (Å²) in [4.78, 5) is 19.7. The van der Waals surface area contributed by atoms with E-state index in [-0.39, 0.29) is 50.9 Å². The summed E-state index contributed by atoms with van der Waals surface area (Å²) in [5, 5.41) is 23.8. The molecule has 3 aromatic carbocycles. The van der Waals surface area contributed by atoms with Gasteiger partial charge in [0.1, 0.15) is 29.2 Å². The molecular weight excluding hydrogens is 581 g/mol. The van der Waals surface area contributed by atoms with Gasteiger partial charge in [-0.05, 0) is 73.4 Å². The molecule has 3 aliphatic rings. The molecule has 45 heavy (non-hydrogen) atoms. The highest BCUT2D eigenvalue weighted by molar-refractivity contribution is 5.98. The largest absolute Gasteiger partial charge is 0.481 e. The SMILES string of the molecule is N#Cc1c(-c2c[nH]c3c(F)cc(F)cc23)nc(N[C@@H]2C3CCC(CC3)[C@H]2C(=O)O)c(F)c1-c1ccc(Oc2ccccc2)cc1. The Bertz CT molecular complexity index is 1960. The number of pyridine rings is 1. The molecule has 2 atom stereocenters. The number of fused-ring (bicyclic) bond motifs is 4. The van der Waals surface area contributed by atoms with Crippen molar-refractivity contribution in [2.45, 2.75) is 31.7 Å². The summed E-state index contributed by atoms with van der Waals surface area (Å²) in [7, 11) is 0. The number of nitrogens with one attached hydrogen (secondary N) is 2. The number of hydrogen-bond acceptors (Lipinski definition) is 5. The molecule has 2 aromatic heterocycles. The van der Waals surface area contributed by atoms with Crippen LogP contribution >= 0.6 is 0 Å². The Balaban J connectivity index is 1.39. The first-order valence-electron chi connectivity index (χ1n) is 14.7. The number of carboxylic acids is 1. The van der Waals surface area contributed by atoms with E-state index in [1.165, 1.54) is 6.20 Å². The molecule has 0 amide bonds. The molecule has 0 spiro atoms. The van der Waals surface area contributed by atoms with Gasteiger partial charge in [0.05, 0.1) is 22.7 Å². The third-order valence-electron chi connectivity index (χ3n) is 9.14. The lowest BCUT2D eigenvalue weighted by atomic mass is 9.61. The van der Waals surface area contributed by atoms with E-state index in [0.29, 0.717) is 17.1 Å². The molecular formula is C35H27F3N4O3. The average Bonchev–Trinajstić information content (AvgIpc) is 3.47. The number of aromatic amines is 1. The zero-order valence-corrected chi connectivity index (χ0v) is 23.9. The second-order valence-corrected chi connectivity index (χ2v) is 11.6. The van der Waals surface area contributed by atoms with Crippen LogP contribution in [0.1, 0.15) is 31.2 Å². The van der Waals surface area contributed by atoms with E-state index in [9.17, 15) is 23.9 Å². The predicted molar refractivity (Wildman–Crippen MR) is 162 cm³/mol. The van der Waals surface area contributed by atoms with Crippen LogP contribution in [0.4, 0.5) is 19.0 Å². The number of para-hydroxylation sites is 1. The summed E-state index contributed by atoms with van der Waals surface area (Å²) in [6.45, 7) is 0. The van der Waals surface area contributed by atoms with Gasteiger partial charge in [-0.1, -0.05) is 30.3 Å². The molecule has 7 nitrogen and oxygen atoms in total.